The number of hydrogen-bond donors (Lipinski definition) is 2. The van der Waals surface area contributed by atoms with Gasteiger partial charge < -0.3 is 15.3 Å². The number of aliphatic hydroxyl groups excluding tert-OH is 1. The Kier molecular flexibility index (Phi) is 10.4. The van der Waals surface area contributed by atoms with Gasteiger partial charge in [-0.3, -0.25) is 14.4 Å². The van der Waals surface area contributed by atoms with Crippen molar-refractivity contribution in [2.24, 2.45) is 11.8 Å². The van der Waals surface area contributed by atoms with Crippen molar-refractivity contribution >= 4 is 28.9 Å². The summed E-state index contributed by atoms with van der Waals surface area (Å²) >= 11 is 1.61. The molecule has 2 N–H and O–H groups in total. The number of aryl methyl sites for hydroxylation is 2. The number of nitrogens with one attached hydrogen (secondary N) is 1. The van der Waals surface area contributed by atoms with Gasteiger partial charge in [0, 0.05) is 25.8 Å². The van der Waals surface area contributed by atoms with Crippen molar-refractivity contribution in [3.63, 3.8) is 0 Å². The fraction of sp³-hybridized carbons (Fsp3) is 0.586. The second-order valence-electron chi connectivity index (χ2n) is 10.7. The molecule has 1 aliphatic rings. The lowest BCUT2D eigenvalue weighted by atomic mass is 9.96. The summed E-state index contributed by atoms with van der Waals surface area (Å²) in [5, 5.41) is 13.3. The van der Waals surface area contributed by atoms with Crippen LogP contribution in [0.3, 0.4) is 0 Å². The summed E-state index contributed by atoms with van der Waals surface area (Å²) in [7, 11) is 0. The highest BCUT2D eigenvalue weighted by Crippen LogP contribution is 2.28. The first-order chi connectivity index (χ1) is 17.6. The van der Waals surface area contributed by atoms with Crippen LogP contribution in [0.1, 0.15) is 71.1 Å². The maximum Gasteiger partial charge on any atom is 0.246 e. The van der Waals surface area contributed by atoms with Gasteiger partial charge in [0.2, 0.25) is 11.8 Å². The van der Waals surface area contributed by atoms with E-state index in [0.29, 0.717) is 25.2 Å². The van der Waals surface area contributed by atoms with Gasteiger partial charge in [-0.1, -0.05) is 58.4 Å². The molecule has 0 saturated carbocycles. The Hall–Kier alpha value is -2.58. The van der Waals surface area contributed by atoms with E-state index in [1.807, 2.05) is 50.5 Å². The fourth-order valence-corrected chi connectivity index (χ4v) is 5.54. The molecule has 1 fully saturated rings. The monoisotopic (exact) mass is 527 g/mol. The van der Waals surface area contributed by atoms with Gasteiger partial charge in [-0.05, 0) is 42.7 Å². The molecule has 0 unspecified atom stereocenters. The van der Waals surface area contributed by atoms with Crippen LogP contribution >= 0.6 is 11.3 Å². The number of nitrogens with zero attached hydrogens (tertiary/aromatic N) is 2. The molecule has 4 atom stereocenters. The number of β-amino-alcohol motifs (C(OH)–C–C–N with tert-alkyl or cyclic N) is 1. The van der Waals surface area contributed by atoms with Crippen molar-refractivity contribution in [2.75, 3.05) is 6.54 Å². The number of ketones is 1. The predicted octanol–water partition coefficient (Wildman–Crippen LogP) is 4.55. The van der Waals surface area contributed by atoms with Crippen LogP contribution in [0.5, 0.6) is 0 Å². The minimum absolute atomic E-state index is 0.0543. The number of rotatable bonds is 12. The van der Waals surface area contributed by atoms with Gasteiger partial charge in [-0.25, -0.2) is 4.98 Å². The first-order valence-electron chi connectivity index (χ1n) is 13.4. The summed E-state index contributed by atoms with van der Waals surface area (Å²) < 4.78 is 0. The Balaban J connectivity index is 1.64. The number of hydrogen-bond acceptors (Lipinski definition) is 6. The number of amides is 2. The largest absolute Gasteiger partial charge is 0.391 e. The van der Waals surface area contributed by atoms with Crippen LogP contribution in [0.25, 0.3) is 10.4 Å². The van der Waals surface area contributed by atoms with E-state index in [1.54, 1.807) is 11.3 Å². The highest BCUT2D eigenvalue weighted by molar-refractivity contribution is 7.13. The molecule has 1 aromatic heterocycles. The van der Waals surface area contributed by atoms with Crippen molar-refractivity contribution < 1.29 is 19.5 Å². The SMILES string of the molecule is CC[C@H](C)[C@H](NC(=O)CCC(C)C)C(=O)N1C[C@H](O)C[C@H]1C(=O)CCc1ccc(-c2scnc2C)cc1. The number of likely N-dealkylation sites (tertiary alicyclic amines) is 1. The molecule has 0 bridgehead atoms. The zero-order valence-electron chi connectivity index (χ0n) is 22.7. The highest BCUT2D eigenvalue weighted by atomic mass is 32.1. The number of benzene rings is 1. The normalized spacial score (nSPS) is 19.2. The van der Waals surface area contributed by atoms with Gasteiger partial charge in [0.15, 0.2) is 5.78 Å². The van der Waals surface area contributed by atoms with Gasteiger partial charge in [0.25, 0.3) is 0 Å². The second-order valence-corrected chi connectivity index (χ2v) is 11.5. The van der Waals surface area contributed by atoms with E-state index in [2.05, 4.69) is 24.1 Å². The lowest BCUT2D eigenvalue weighted by molar-refractivity contribution is -0.142. The lowest BCUT2D eigenvalue weighted by Gasteiger charge is -2.31. The smallest absolute Gasteiger partial charge is 0.246 e. The molecule has 0 aliphatic carbocycles. The Morgan fingerprint density at radius 2 is 1.86 bits per heavy atom. The summed E-state index contributed by atoms with van der Waals surface area (Å²) in [5.41, 5.74) is 5.00. The third kappa shape index (κ3) is 7.71. The van der Waals surface area contributed by atoms with Crippen molar-refractivity contribution in [3.05, 3.63) is 41.0 Å². The van der Waals surface area contributed by atoms with E-state index in [-0.39, 0.29) is 42.9 Å². The number of thiazole rings is 1. The van der Waals surface area contributed by atoms with E-state index in [0.717, 1.165) is 28.1 Å². The van der Waals surface area contributed by atoms with E-state index in [1.165, 1.54) is 4.90 Å². The molecule has 8 heteroatoms. The molecule has 7 nitrogen and oxygen atoms in total. The molecule has 2 heterocycles. The zero-order chi connectivity index (χ0) is 27.1. The van der Waals surface area contributed by atoms with E-state index in [9.17, 15) is 19.5 Å². The minimum atomic E-state index is -0.742. The molecule has 202 valence electrons. The maximum atomic E-state index is 13.6. The molecule has 0 spiro atoms. The Morgan fingerprint density at radius 3 is 2.46 bits per heavy atom. The molecule has 2 amide bonds. The van der Waals surface area contributed by atoms with Crippen molar-refractivity contribution in [2.45, 2.75) is 91.3 Å². The van der Waals surface area contributed by atoms with Crippen LogP contribution in [-0.2, 0) is 20.8 Å². The van der Waals surface area contributed by atoms with Crippen molar-refractivity contribution in [1.29, 1.82) is 0 Å². The third-order valence-corrected chi connectivity index (χ3v) is 8.28. The number of aromatic nitrogens is 1. The van der Waals surface area contributed by atoms with Crippen LogP contribution in [0.15, 0.2) is 29.8 Å². The summed E-state index contributed by atoms with van der Waals surface area (Å²) in [4.78, 5) is 46.3. The molecule has 1 aliphatic heterocycles. The quantitative estimate of drug-likeness (QED) is 0.422. The number of Topliss-reactive ketones (excluding diaryl/α,β-unsaturated/α-hetero) is 1. The lowest BCUT2D eigenvalue weighted by Crippen LogP contribution is -2.54. The van der Waals surface area contributed by atoms with Gasteiger partial charge in [0.1, 0.15) is 6.04 Å². The van der Waals surface area contributed by atoms with Crippen molar-refractivity contribution in [1.82, 2.24) is 15.2 Å². The average molecular weight is 528 g/mol. The van der Waals surface area contributed by atoms with Crippen LogP contribution < -0.4 is 5.32 Å². The van der Waals surface area contributed by atoms with E-state index in [4.69, 9.17) is 0 Å². The molecule has 1 aromatic carbocycles. The fourth-order valence-electron chi connectivity index (χ4n) is 4.73. The molecule has 37 heavy (non-hydrogen) atoms. The average Bonchev–Trinajstić information content (AvgIpc) is 3.49. The molecule has 2 aromatic rings. The summed E-state index contributed by atoms with van der Waals surface area (Å²) in [6, 6.07) is 6.79. The van der Waals surface area contributed by atoms with E-state index < -0.39 is 18.2 Å². The minimum Gasteiger partial charge on any atom is -0.391 e. The number of carbonyl (C=O) groups excluding carboxylic acids is 3. The Bertz CT molecular complexity index is 1070. The molecule has 0 radical (unpaired) electrons. The first-order valence-corrected chi connectivity index (χ1v) is 14.3. The summed E-state index contributed by atoms with van der Waals surface area (Å²) in [6.45, 7) is 10.1. The van der Waals surface area contributed by atoms with Crippen LogP contribution in [0, 0.1) is 18.8 Å². The summed E-state index contributed by atoms with van der Waals surface area (Å²) in [6.07, 6.45) is 2.18. The van der Waals surface area contributed by atoms with Crippen LogP contribution in [0.2, 0.25) is 0 Å². The van der Waals surface area contributed by atoms with Gasteiger partial charge in [-0.2, -0.15) is 0 Å². The molecular formula is C29H41N3O4S. The number of aliphatic hydroxyl groups is 1. The highest BCUT2D eigenvalue weighted by Gasteiger charge is 2.42. The molecular weight excluding hydrogens is 486 g/mol. The summed E-state index contributed by atoms with van der Waals surface area (Å²) in [5.74, 6) is -0.156. The third-order valence-electron chi connectivity index (χ3n) is 7.30. The maximum absolute atomic E-state index is 13.6. The predicted molar refractivity (Wildman–Crippen MR) is 147 cm³/mol. The standard InChI is InChI=1S/C29H41N3O4S/c1-6-19(4)27(31-26(35)14-7-18(2)3)29(36)32-16-23(33)15-24(32)25(34)13-10-21-8-11-22(12-9-21)28-20(5)30-17-37-28/h8-9,11-12,17-19,23-24,27,33H,6-7,10,13-16H2,1-5H3,(H,31,35)/t19-,23+,24-,27-/m0/s1. The molecule has 3 rings (SSSR count). The Morgan fingerprint density at radius 1 is 1.16 bits per heavy atom. The van der Waals surface area contributed by atoms with Crippen molar-refractivity contribution in [3.8, 4) is 10.4 Å². The molecule has 1 saturated heterocycles. The van der Waals surface area contributed by atoms with Crippen LogP contribution in [-0.4, -0.2) is 57.3 Å². The second kappa shape index (κ2) is 13.3. The first kappa shape index (κ1) is 29.0. The van der Waals surface area contributed by atoms with Crippen LogP contribution in [0.4, 0.5) is 0 Å². The van der Waals surface area contributed by atoms with E-state index >= 15 is 0 Å². The number of carbonyl (C=O) groups is 3. The van der Waals surface area contributed by atoms with Gasteiger partial charge in [-0.15, -0.1) is 11.3 Å². The Labute approximate surface area is 224 Å². The van der Waals surface area contributed by atoms with Gasteiger partial charge in [0.05, 0.1) is 28.2 Å². The zero-order valence-corrected chi connectivity index (χ0v) is 23.5. The van der Waals surface area contributed by atoms with Gasteiger partial charge >= 0.3 is 0 Å². The topological polar surface area (TPSA) is 99.6 Å².